The van der Waals surface area contributed by atoms with Gasteiger partial charge in [0.2, 0.25) is 0 Å². The van der Waals surface area contributed by atoms with Crippen LogP contribution < -0.4 is 9.47 Å². The van der Waals surface area contributed by atoms with Crippen LogP contribution in [0.15, 0.2) is 71.5 Å². The van der Waals surface area contributed by atoms with Crippen LogP contribution >= 0.6 is 11.8 Å². The topological polar surface area (TPSA) is 18.5 Å². The smallest absolute Gasteiger partial charge is 0.123 e. The van der Waals surface area contributed by atoms with Gasteiger partial charge in [0.1, 0.15) is 11.5 Å². The third-order valence-corrected chi connectivity index (χ3v) is 4.74. The Morgan fingerprint density at radius 1 is 0.826 bits per heavy atom. The van der Waals surface area contributed by atoms with E-state index in [1.54, 1.807) is 26.0 Å². The van der Waals surface area contributed by atoms with Gasteiger partial charge in [-0.2, -0.15) is 0 Å². The minimum atomic E-state index is 0.771. The zero-order chi connectivity index (χ0) is 16.7. The molecule has 23 heavy (non-hydrogen) atoms. The molecular weight excluding hydrogens is 304 g/mol. The van der Waals surface area contributed by atoms with E-state index in [-0.39, 0.29) is 0 Å². The summed E-state index contributed by atoms with van der Waals surface area (Å²) in [5.41, 5.74) is 2.31. The first-order chi connectivity index (χ1) is 11.2. The summed E-state index contributed by atoms with van der Waals surface area (Å²) in [6.45, 7) is 7.71. The fourth-order valence-corrected chi connectivity index (χ4v) is 3.62. The van der Waals surface area contributed by atoms with Gasteiger partial charge in [-0.1, -0.05) is 36.0 Å². The molecule has 0 aliphatic rings. The average molecular weight is 326 g/mol. The van der Waals surface area contributed by atoms with Crippen LogP contribution in [0.25, 0.3) is 0 Å². The first-order valence-electron chi connectivity index (χ1n) is 7.46. The molecule has 0 N–H and O–H groups in total. The number of benzene rings is 2. The molecule has 0 saturated carbocycles. The van der Waals surface area contributed by atoms with Crippen molar-refractivity contribution < 1.29 is 9.47 Å². The Labute approximate surface area is 142 Å². The predicted molar refractivity (Wildman–Crippen MR) is 97.9 cm³/mol. The summed E-state index contributed by atoms with van der Waals surface area (Å²) in [6.07, 6.45) is 5.34. The molecule has 2 nitrogen and oxygen atoms in total. The van der Waals surface area contributed by atoms with Crippen LogP contribution in [0.2, 0.25) is 0 Å². The van der Waals surface area contributed by atoms with Crippen molar-refractivity contribution >= 4 is 11.8 Å². The van der Waals surface area contributed by atoms with Gasteiger partial charge in [-0.3, -0.25) is 0 Å². The Kier molecular flexibility index (Phi) is 6.36. The Morgan fingerprint density at radius 3 is 1.61 bits per heavy atom. The molecule has 0 atom stereocenters. The van der Waals surface area contributed by atoms with E-state index < -0.39 is 0 Å². The molecule has 0 aliphatic heterocycles. The van der Waals surface area contributed by atoms with Gasteiger partial charge in [-0.05, 0) is 37.1 Å². The number of ether oxygens (including phenoxy) is 2. The Morgan fingerprint density at radius 2 is 1.26 bits per heavy atom. The van der Waals surface area contributed by atoms with Gasteiger partial charge in [0, 0.05) is 20.9 Å². The molecule has 0 spiro atoms. The van der Waals surface area contributed by atoms with Crippen molar-refractivity contribution in [2.24, 2.45) is 0 Å². The van der Waals surface area contributed by atoms with E-state index in [2.05, 4.69) is 25.3 Å². The second kappa shape index (κ2) is 8.49. The van der Waals surface area contributed by atoms with E-state index in [0.29, 0.717) is 0 Å². The SMILES string of the molecule is C=CCc1c(OC)cccc1Sc1cccc(OC)c1CC=C. The highest BCUT2D eigenvalue weighted by Gasteiger charge is 2.13. The highest BCUT2D eigenvalue weighted by molar-refractivity contribution is 7.99. The quantitative estimate of drug-likeness (QED) is 0.612. The molecule has 0 aliphatic carbocycles. The lowest BCUT2D eigenvalue weighted by Gasteiger charge is -2.15. The van der Waals surface area contributed by atoms with E-state index >= 15 is 0 Å². The summed E-state index contributed by atoms with van der Waals surface area (Å²) >= 11 is 1.72. The van der Waals surface area contributed by atoms with Crippen molar-refractivity contribution in [3.63, 3.8) is 0 Å². The van der Waals surface area contributed by atoms with Gasteiger partial charge in [-0.25, -0.2) is 0 Å². The summed E-state index contributed by atoms with van der Waals surface area (Å²) in [7, 11) is 3.40. The summed E-state index contributed by atoms with van der Waals surface area (Å²) < 4.78 is 11.0. The van der Waals surface area contributed by atoms with E-state index in [4.69, 9.17) is 9.47 Å². The van der Waals surface area contributed by atoms with Crippen molar-refractivity contribution in [3.05, 3.63) is 72.8 Å². The maximum atomic E-state index is 5.50. The van der Waals surface area contributed by atoms with Crippen molar-refractivity contribution in [2.75, 3.05) is 14.2 Å². The van der Waals surface area contributed by atoms with E-state index in [9.17, 15) is 0 Å². The lowest BCUT2D eigenvalue weighted by Crippen LogP contribution is -1.96. The Bertz CT molecular complexity index is 633. The van der Waals surface area contributed by atoms with Crippen LogP contribution in [0, 0.1) is 0 Å². The first kappa shape index (κ1) is 17.2. The summed E-state index contributed by atoms with van der Waals surface area (Å²) in [6, 6.07) is 12.2. The van der Waals surface area contributed by atoms with Gasteiger partial charge in [0.05, 0.1) is 14.2 Å². The molecule has 3 heteroatoms. The van der Waals surface area contributed by atoms with Crippen LogP contribution in [0.5, 0.6) is 11.5 Å². The average Bonchev–Trinajstić information content (AvgIpc) is 2.58. The van der Waals surface area contributed by atoms with Gasteiger partial charge in [-0.15, -0.1) is 13.2 Å². The van der Waals surface area contributed by atoms with Crippen molar-refractivity contribution in [1.29, 1.82) is 0 Å². The summed E-state index contributed by atoms with van der Waals surface area (Å²) in [4.78, 5) is 2.34. The van der Waals surface area contributed by atoms with Crippen molar-refractivity contribution in [3.8, 4) is 11.5 Å². The van der Waals surface area contributed by atoms with E-state index in [1.807, 2.05) is 36.4 Å². The molecule has 0 aromatic heterocycles. The van der Waals surface area contributed by atoms with E-state index in [1.165, 1.54) is 9.79 Å². The normalized spacial score (nSPS) is 10.2. The lowest BCUT2D eigenvalue weighted by molar-refractivity contribution is 0.409. The largest absolute Gasteiger partial charge is 0.496 e. The zero-order valence-electron chi connectivity index (χ0n) is 13.7. The van der Waals surface area contributed by atoms with Crippen molar-refractivity contribution in [2.45, 2.75) is 22.6 Å². The molecular formula is C20H22O2S. The highest BCUT2D eigenvalue weighted by Crippen LogP contribution is 2.39. The second-order valence-electron chi connectivity index (χ2n) is 4.96. The molecule has 0 heterocycles. The summed E-state index contributed by atoms with van der Waals surface area (Å²) in [5.74, 6) is 1.78. The second-order valence-corrected chi connectivity index (χ2v) is 6.05. The molecule has 0 fully saturated rings. The Hall–Kier alpha value is -2.13. The molecule has 0 bridgehead atoms. The molecule has 0 unspecified atom stereocenters. The monoisotopic (exact) mass is 326 g/mol. The van der Waals surface area contributed by atoms with Gasteiger partial charge in [0.25, 0.3) is 0 Å². The predicted octanol–water partition coefficient (Wildman–Crippen LogP) is 5.31. The van der Waals surface area contributed by atoms with Gasteiger partial charge >= 0.3 is 0 Å². The molecule has 2 rings (SSSR count). The minimum absolute atomic E-state index is 0.771. The third-order valence-electron chi connectivity index (χ3n) is 3.54. The molecule has 0 saturated heterocycles. The van der Waals surface area contributed by atoms with Gasteiger partial charge < -0.3 is 9.47 Å². The maximum Gasteiger partial charge on any atom is 0.123 e. The van der Waals surface area contributed by atoms with Crippen LogP contribution in [0.4, 0.5) is 0 Å². The number of hydrogen-bond acceptors (Lipinski definition) is 3. The number of hydrogen-bond donors (Lipinski definition) is 0. The number of rotatable bonds is 8. The molecule has 0 amide bonds. The lowest BCUT2D eigenvalue weighted by atomic mass is 10.1. The molecule has 2 aromatic carbocycles. The van der Waals surface area contributed by atoms with Crippen LogP contribution in [0.1, 0.15) is 11.1 Å². The molecule has 0 radical (unpaired) electrons. The Balaban J connectivity index is 2.47. The van der Waals surface area contributed by atoms with Crippen molar-refractivity contribution in [1.82, 2.24) is 0 Å². The third kappa shape index (κ3) is 3.99. The molecule has 2 aromatic rings. The highest BCUT2D eigenvalue weighted by atomic mass is 32.2. The van der Waals surface area contributed by atoms with Crippen LogP contribution in [0.3, 0.4) is 0 Å². The number of methoxy groups -OCH3 is 2. The number of allylic oxidation sites excluding steroid dienone is 2. The fourth-order valence-electron chi connectivity index (χ4n) is 2.47. The summed E-state index contributed by atoms with van der Waals surface area (Å²) in [5, 5.41) is 0. The minimum Gasteiger partial charge on any atom is -0.496 e. The van der Waals surface area contributed by atoms with Crippen LogP contribution in [-0.2, 0) is 12.8 Å². The molecule has 120 valence electrons. The zero-order valence-corrected chi connectivity index (χ0v) is 14.5. The van der Waals surface area contributed by atoms with E-state index in [0.717, 1.165) is 35.5 Å². The maximum absolute atomic E-state index is 5.50. The fraction of sp³-hybridized carbons (Fsp3) is 0.200. The first-order valence-corrected chi connectivity index (χ1v) is 8.28. The standard InChI is InChI=1S/C20H22O2S/c1-5-9-15-17(21-3)11-7-13-19(15)23-20-14-8-12-18(22-4)16(20)10-6-2/h5-8,11-14H,1-2,9-10H2,3-4H3. The van der Waals surface area contributed by atoms with Gasteiger partial charge in [0.15, 0.2) is 0 Å². The van der Waals surface area contributed by atoms with Crippen LogP contribution in [-0.4, -0.2) is 14.2 Å².